The van der Waals surface area contributed by atoms with Crippen LogP contribution in [0.4, 0.5) is 9.59 Å². The lowest BCUT2D eigenvalue weighted by atomic mass is 10.1. The fourth-order valence-electron chi connectivity index (χ4n) is 2.76. The normalized spacial score (nSPS) is 14.1. The van der Waals surface area contributed by atoms with E-state index in [1.54, 1.807) is 27.7 Å². The van der Waals surface area contributed by atoms with Gasteiger partial charge in [-0.2, -0.15) is 10.0 Å². The SMILES string of the molecule is CC(C)OC(=O)N1CN=C(c2ccc3ccccc3c2)N1C(=O)OC(C)C. The second kappa shape index (κ2) is 7.65. The molecule has 0 spiro atoms. The lowest BCUT2D eigenvalue weighted by Crippen LogP contribution is -2.50. The van der Waals surface area contributed by atoms with Crippen LogP contribution >= 0.6 is 0 Å². The van der Waals surface area contributed by atoms with Gasteiger partial charge in [-0.25, -0.2) is 14.6 Å². The molecule has 0 unspecified atom stereocenters. The molecule has 0 bridgehead atoms. The van der Waals surface area contributed by atoms with Gasteiger partial charge in [-0.15, -0.1) is 0 Å². The van der Waals surface area contributed by atoms with Gasteiger partial charge in [0.05, 0.1) is 12.2 Å². The molecule has 0 fully saturated rings. The van der Waals surface area contributed by atoms with Crippen molar-refractivity contribution in [3.05, 3.63) is 48.0 Å². The third kappa shape index (κ3) is 4.02. The smallest absolute Gasteiger partial charge is 0.435 e. The van der Waals surface area contributed by atoms with Crippen LogP contribution in [0.3, 0.4) is 0 Å². The van der Waals surface area contributed by atoms with Crippen LogP contribution in [0.25, 0.3) is 10.8 Å². The molecule has 2 aromatic rings. The van der Waals surface area contributed by atoms with Crippen LogP contribution in [-0.2, 0) is 9.47 Å². The zero-order valence-electron chi connectivity index (χ0n) is 15.9. The molecule has 0 saturated carbocycles. The topological polar surface area (TPSA) is 71.4 Å². The highest BCUT2D eigenvalue weighted by Gasteiger charge is 2.38. The molecule has 0 aliphatic carbocycles. The molecule has 1 aliphatic rings. The third-order valence-corrected chi connectivity index (χ3v) is 3.86. The maximum Gasteiger partial charge on any atom is 0.435 e. The second-order valence-corrected chi connectivity index (χ2v) is 6.76. The number of carbonyl (C=O) groups excluding carboxylic acids is 2. The number of benzene rings is 2. The van der Waals surface area contributed by atoms with Crippen molar-refractivity contribution in [1.82, 2.24) is 10.0 Å². The predicted octanol–water partition coefficient (Wildman–Crippen LogP) is 4.17. The summed E-state index contributed by atoms with van der Waals surface area (Å²) >= 11 is 0. The van der Waals surface area contributed by atoms with E-state index in [1.807, 2.05) is 42.5 Å². The van der Waals surface area contributed by atoms with Gasteiger partial charge in [0.1, 0.15) is 6.67 Å². The molecule has 7 nitrogen and oxygen atoms in total. The molecular weight excluding hydrogens is 346 g/mol. The highest BCUT2D eigenvalue weighted by Crippen LogP contribution is 2.22. The molecular formula is C20H23N3O4. The summed E-state index contributed by atoms with van der Waals surface area (Å²) in [4.78, 5) is 29.5. The van der Waals surface area contributed by atoms with Gasteiger partial charge >= 0.3 is 12.2 Å². The highest BCUT2D eigenvalue weighted by atomic mass is 16.6. The molecule has 1 heterocycles. The fraction of sp³-hybridized carbons (Fsp3) is 0.350. The molecule has 0 saturated heterocycles. The van der Waals surface area contributed by atoms with Crippen molar-refractivity contribution in [3.8, 4) is 0 Å². The van der Waals surface area contributed by atoms with Gasteiger partial charge in [0, 0.05) is 5.56 Å². The molecule has 1 aliphatic heterocycles. The lowest BCUT2D eigenvalue weighted by molar-refractivity contribution is 0.00747. The number of carbonyl (C=O) groups is 2. The van der Waals surface area contributed by atoms with Crippen molar-refractivity contribution in [1.29, 1.82) is 0 Å². The van der Waals surface area contributed by atoms with Gasteiger partial charge in [-0.05, 0) is 44.5 Å². The molecule has 0 radical (unpaired) electrons. The van der Waals surface area contributed by atoms with E-state index in [-0.39, 0.29) is 18.9 Å². The molecule has 7 heteroatoms. The molecule has 3 rings (SSSR count). The van der Waals surface area contributed by atoms with Crippen molar-refractivity contribution in [2.45, 2.75) is 39.9 Å². The van der Waals surface area contributed by atoms with E-state index in [1.165, 1.54) is 0 Å². The molecule has 27 heavy (non-hydrogen) atoms. The number of nitrogens with zero attached hydrogens (tertiary/aromatic N) is 3. The van der Waals surface area contributed by atoms with Crippen molar-refractivity contribution in [3.63, 3.8) is 0 Å². The van der Waals surface area contributed by atoms with Crippen molar-refractivity contribution >= 4 is 28.8 Å². The molecule has 2 aromatic carbocycles. The summed E-state index contributed by atoms with van der Waals surface area (Å²) in [5.74, 6) is 0.354. The Kier molecular flexibility index (Phi) is 5.30. The maximum absolute atomic E-state index is 12.7. The van der Waals surface area contributed by atoms with E-state index in [0.717, 1.165) is 20.8 Å². The van der Waals surface area contributed by atoms with Crippen molar-refractivity contribution < 1.29 is 19.1 Å². The average molecular weight is 369 g/mol. The quantitative estimate of drug-likeness (QED) is 0.814. The van der Waals surface area contributed by atoms with Gasteiger partial charge in [-0.1, -0.05) is 36.4 Å². The Morgan fingerprint density at radius 1 is 0.926 bits per heavy atom. The summed E-state index contributed by atoms with van der Waals surface area (Å²) in [7, 11) is 0. The minimum atomic E-state index is -0.671. The van der Waals surface area contributed by atoms with Gasteiger partial charge in [0.25, 0.3) is 0 Å². The number of aliphatic imine (C=N–C) groups is 1. The number of hydrogen-bond donors (Lipinski definition) is 0. The molecule has 0 aromatic heterocycles. The Morgan fingerprint density at radius 2 is 1.56 bits per heavy atom. The monoisotopic (exact) mass is 369 g/mol. The predicted molar refractivity (Wildman–Crippen MR) is 102 cm³/mol. The first-order chi connectivity index (χ1) is 12.9. The first kappa shape index (κ1) is 18.7. The highest BCUT2D eigenvalue weighted by molar-refractivity contribution is 6.09. The first-order valence-electron chi connectivity index (χ1n) is 8.89. The van der Waals surface area contributed by atoms with Gasteiger partial charge in [0.2, 0.25) is 0 Å². The van der Waals surface area contributed by atoms with Crippen LogP contribution in [0.5, 0.6) is 0 Å². The van der Waals surface area contributed by atoms with Gasteiger partial charge in [0.15, 0.2) is 5.84 Å². The Bertz CT molecular complexity index is 892. The number of amidine groups is 1. The zero-order valence-corrected chi connectivity index (χ0v) is 15.9. The standard InChI is InChI=1S/C20H23N3O4/c1-13(2)26-19(24)22-12-21-18(23(22)20(25)27-14(3)4)17-10-9-15-7-5-6-8-16(15)11-17/h5-11,13-14H,12H2,1-4H3. The summed E-state index contributed by atoms with van der Waals surface area (Å²) in [5, 5.41) is 4.38. The summed E-state index contributed by atoms with van der Waals surface area (Å²) in [6, 6.07) is 13.6. The number of hydrazine groups is 1. The Labute approximate surface area is 158 Å². The van der Waals surface area contributed by atoms with Crippen molar-refractivity contribution in [2.24, 2.45) is 4.99 Å². The van der Waals surface area contributed by atoms with Gasteiger partial charge in [-0.3, -0.25) is 0 Å². The van der Waals surface area contributed by atoms with E-state index in [4.69, 9.17) is 9.47 Å². The fourth-order valence-corrected chi connectivity index (χ4v) is 2.76. The average Bonchev–Trinajstić information content (AvgIpc) is 3.05. The van der Waals surface area contributed by atoms with Crippen LogP contribution in [0.1, 0.15) is 33.3 Å². The van der Waals surface area contributed by atoms with Crippen LogP contribution in [-0.4, -0.2) is 46.9 Å². The number of ether oxygens (including phenoxy) is 2. The molecule has 142 valence electrons. The summed E-state index contributed by atoms with van der Waals surface area (Å²) in [6.45, 7) is 6.97. The minimum Gasteiger partial charge on any atom is -0.445 e. The minimum absolute atomic E-state index is 0.0130. The van der Waals surface area contributed by atoms with E-state index in [2.05, 4.69) is 4.99 Å². The van der Waals surface area contributed by atoms with E-state index in [9.17, 15) is 9.59 Å². The molecule has 0 atom stereocenters. The summed E-state index contributed by atoms with van der Waals surface area (Å²) < 4.78 is 10.6. The zero-order chi connectivity index (χ0) is 19.6. The molecule has 0 N–H and O–H groups in total. The lowest BCUT2D eigenvalue weighted by Gasteiger charge is -2.28. The van der Waals surface area contributed by atoms with E-state index >= 15 is 0 Å². The van der Waals surface area contributed by atoms with E-state index in [0.29, 0.717) is 11.4 Å². The second-order valence-electron chi connectivity index (χ2n) is 6.76. The number of fused-ring (bicyclic) bond motifs is 1. The van der Waals surface area contributed by atoms with Crippen LogP contribution < -0.4 is 0 Å². The van der Waals surface area contributed by atoms with Crippen LogP contribution in [0.2, 0.25) is 0 Å². The Balaban J connectivity index is 1.96. The maximum atomic E-state index is 12.7. The van der Waals surface area contributed by atoms with Crippen molar-refractivity contribution in [2.75, 3.05) is 6.67 Å². The number of hydrogen-bond acceptors (Lipinski definition) is 5. The number of amides is 2. The van der Waals surface area contributed by atoms with Gasteiger partial charge < -0.3 is 9.47 Å². The Hall–Kier alpha value is -3.09. The number of rotatable bonds is 3. The van der Waals surface area contributed by atoms with Crippen LogP contribution in [0.15, 0.2) is 47.5 Å². The van der Waals surface area contributed by atoms with E-state index < -0.39 is 12.2 Å². The Morgan fingerprint density at radius 3 is 2.22 bits per heavy atom. The third-order valence-electron chi connectivity index (χ3n) is 3.86. The van der Waals surface area contributed by atoms with Crippen LogP contribution in [0, 0.1) is 0 Å². The summed E-state index contributed by atoms with van der Waals surface area (Å²) in [5.41, 5.74) is 0.717. The summed E-state index contributed by atoms with van der Waals surface area (Å²) in [6.07, 6.45) is -1.97. The largest absolute Gasteiger partial charge is 0.445 e. The first-order valence-corrected chi connectivity index (χ1v) is 8.89. The molecule has 2 amide bonds.